The maximum absolute atomic E-state index is 11.7. The number of methoxy groups -OCH3 is 1. The van der Waals surface area contributed by atoms with E-state index >= 15 is 0 Å². The van der Waals surface area contributed by atoms with Gasteiger partial charge in [0.1, 0.15) is 0 Å². The summed E-state index contributed by atoms with van der Waals surface area (Å²) < 4.78 is 4.43. The minimum absolute atomic E-state index is 0.519. The standard InChI is InChI=1S/C15H19ClN2O3/c1-4-18(5-2)17-13(10-14(19)15(20)21-3)11-6-8-12(16)9-7-11/h6-10,17H,4-5H2,1-3H3/b13-10-. The van der Waals surface area contributed by atoms with E-state index in [1.807, 2.05) is 18.9 Å². The lowest BCUT2D eigenvalue weighted by Gasteiger charge is -2.23. The van der Waals surface area contributed by atoms with Crippen LogP contribution in [0.2, 0.25) is 5.02 Å². The zero-order valence-corrected chi connectivity index (χ0v) is 13.1. The molecule has 0 aliphatic carbocycles. The SMILES string of the molecule is CCN(CC)N/C(=C\C(=O)C(=O)OC)c1ccc(Cl)cc1. The summed E-state index contributed by atoms with van der Waals surface area (Å²) in [6.45, 7) is 5.46. The molecule has 0 aliphatic rings. The molecule has 0 heterocycles. The number of esters is 1. The normalized spacial score (nSPS) is 11.4. The van der Waals surface area contributed by atoms with Crippen LogP contribution >= 0.6 is 11.6 Å². The quantitative estimate of drug-likeness (QED) is 0.362. The number of carbonyl (C=O) groups excluding carboxylic acids is 2. The molecule has 0 fully saturated rings. The van der Waals surface area contributed by atoms with Crippen molar-refractivity contribution in [3.05, 3.63) is 40.9 Å². The molecule has 0 spiro atoms. The fraction of sp³-hybridized carbons (Fsp3) is 0.333. The molecule has 0 saturated heterocycles. The van der Waals surface area contributed by atoms with Crippen LogP contribution in [-0.4, -0.2) is 37.0 Å². The van der Waals surface area contributed by atoms with Crippen molar-refractivity contribution in [3.8, 4) is 0 Å². The van der Waals surface area contributed by atoms with Crippen molar-refractivity contribution >= 4 is 29.1 Å². The third-order valence-corrected chi connectivity index (χ3v) is 3.11. The first-order valence-corrected chi connectivity index (χ1v) is 7.01. The molecule has 0 saturated carbocycles. The molecule has 1 N–H and O–H groups in total. The van der Waals surface area contributed by atoms with E-state index < -0.39 is 11.8 Å². The number of nitrogens with one attached hydrogen (secondary N) is 1. The van der Waals surface area contributed by atoms with E-state index in [1.165, 1.54) is 13.2 Å². The summed E-state index contributed by atoms with van der Waals surface area (Å²) in [5.74, 6) is -1.62. The Kier molecular flexibility index (Phi) is 6.91. The van der Waals surface area contributed by atoms with Gasteiger partial charge in [-0.3, -0.25) is 4.79 Å². The molecule has 0 bridgehead atoms. The van der Waals surface area contributed by atoms with Gasteiger partial charge in [-0.15, -0.1) is 0 Å². The van der Waals surface area contributed by atoms with Crippen molar-refractivity contribution in [2.24, 2.45) is 0 Å². The molecule has 0 atom stereocenters. The summed E-state index contributed by atoms with van der Waals surface area (Å²) in [6, 6.07) is 6.99. The monoisotopic (exact) mass is 310 g/mol. The number of hydrazine groups is 1. The molecule has 6 heteroatoms. The smallest absolute Gasteiger partial charge is 0.378 e. The van der Waals surface area contributed by atoms with E-state index in [-0.39, 0.29) is 0 Å². The Bertz CT molecular complexity index is 522. The molecule has 0 unspecified atom stereocenters. The van der Waals surface area contributed by atoms with Crippen LogP contribution < -0.4 is 5.43 Å². The third-order valence-electron chi connectivity index (χ3n) is 2.86. The number of nitrogens with zero attached hydrogens (tertiary/aromatic N) is 1. The van der Waals surface area contributed by atoms with Gasteiger partial charge in [0, 0.05) is 24.2 Å². The summed E-state index contributed by atoms with van der Waals surface area (Å²) in [7, 11) is 1.17. The van der Waals surface area contributed by atoms with Gasteiger partial charge in [-0.1, -0.05) is 37.6 Å². The highest BCUT2D eigenvalue weighted by molar-refractivity contribution is 6.39. The molecular formula is C15H19ClN2O3. The van der Waals surface area contributed by atoms with Gasteiger partial charge in [0.05, 0.1) is 12.8 Å². The average Bonchev–Trinajstić information content (AvgIpc) is 2.51. The number of ketones is 1. The van der Waals surface area contributed by atoms with Crippen LogP contribution in [0, 0.1) is 0 Å². The molecule has 0 aromatic heterocycles. The van der Waals surface area contributed by atoms with Crippen LogP contribution in [0.15, 0.2) is 30.3 Å². The van der Waals surface area contributed by atoms with Crippen LogP contribution in [-0.2, 0) is 14.3 Å². The summed E-state index contributed by atoms with van der Waals surface area (Å²) in [4.78, 5) is 23.0. The van der Waals surface area contributed by atoms with E-state index in [4.69, 9.17) is 11.6 Å². The minimum Gasteiger partial charge on any atom is -0.463 e. The minimum atomic E-state index is -0.900. The maximum atomic E-state index is 11.7. The van der Waals surface area contributed by atoms with Crippen molar-refractivity contribution in [1.29, 1.82) is 0 Å². The first-order chi connectivity index (χ1) is 10.0. The molecule has 1 aromatic carbocycles. The van der Waals surface area contributed by atoms with E-state index in [9.17, 15) is 9.59 Å². The van der Waals surface area contributed by atoms with Gasteiger partial charge in [-0.25, -0.2) is 9.80 Å². The Balaban J connectivity index is 3.10. The second-order valence-electron chi connectivity index (χ2n) is 4.20. The van der Waals surface area contributed by atoms with E-state index in [0.29, 0.717) is 10.7 Å². The number of benzene rings is 1. The third kappa shape index (κ3) is 5.21. The number of halogens is 1. The van der Waals surface area contributed by atoms with Crippen molar-refractivity contribution in [1.82, 2.24) is 10.4 Å². The second kappa shape index (κ2) is 8.44. The predicted molar refractivity (Wildman–Crippen MR) is 82.5 cm³/mol. The summed E-state index contributed by atoms with van der Waals surface area (Å²) >= 11 is 5.86. The molecule has 21 heavy (non-hydrogen) atoms. The Hall–Kier alpha value is -1.85. The molecule has 1 rings (SSSR count). The zero-order chi connectivity index (χ0) is 15.8. The summed E-state index contributed by atoms with van der Waals surface area (Å²) in [5, 5.41) is 2.51. The van der Waals surface area contributed by atoms with Crippen LogP contribution in [0.5, 0.6) is 0 Å². The summed E-state index contributed by atoms with van der Waals surface area (Å²) in [6.07, 6.45) is 1.23. The predicted octanol–water partition coefficient (Wildman–Crippen LogP) is 2.27. The van der Waals surface area contributed by atoms with Crippen molar-refractivity contribution < 1.29 is 14.3 Å². The van der Waals surface area contributed by atoms with Gasteiger partial charge in [-0.05, 0) is 17.7 Å². The van der Waals surface area contributed by atoms with E-state index in [1.54, 1.807) is 24.3 Å². The van der Waals surface area contributed by atoms with Gasteiger partial charge in [-0.2, -0.15) is 0 Å². The molecule has 114 valence electrons. The largest absolute Gasteiger partial charge is 0.463 e. The lowest BCUT2D eigenvalue weighted by Crippen LogP contribution is -2.36. The number of rotatable bonds is 7. The van der Waals surface area contributed by atoms with Gasteiger partial charge < -0.3 is 10.2 Å². The highest BCUT2D eigenvalue weighted by atomic mass is 35.5. The number of hydrogen-bond acceptors (Lipinski definition) is 5. The van der Waals surface area contributed by atoms with E-state index in [0.717, 1.165) is 18.7 Å². The number of hydrogen-bond donors (Lipinski definition) is 1. The zero-order valence-electron chi connectivity index (χ0n) is 12.4. The second-order valence-corrected chi connectivity index (χ2v) is 4.64. The topological polar surface area (TPSA) is 58.6 Å². The highest BCUT2D eigenvalue weighted by Gasteiger charge is 2.14. The molecule has 5 nitrogen and oxygen atoms in total. The molecular weight excluding hydrogens is 292 g/mol. The van der Waals surface area contributed by atoms with Gasteiger partial charge in [0.25, 0.3) is 5.78 Å². The van der Waals surface area contributed by atoms with Crippen molar-refractivity contribution in [2.75, 3.05) is 20.2 Å². The van der Waals surface area contributed by atoms with Crippen LogP contribution in [0.4, 0.5) is 0 Å². The molecule has 0 aliphatic heterocycles. The van der Waals surface area contributed by atoms with Gasteiger partial charge in [0.2, 0.25) is 0 Å². The first kappa shape index (κ1) is 17.2. The maximum Gasteiger partial charge on any atom is 0.378 e. The van der Waals surface area contributed by atoms with Crippen LogP contribution in [0.1, 0.15) is 19.4 Å². The number of ether oxygens (including phenoxy) is 1. The van der Waals surface area contributed by atoms with Crippen molar-refractivity contribution in [2.45, 2.75) is 13.8 Å². The Morgan fingerprint density at radius 2 is 1.81 bits per heavy atom. The highest BCUT2D eigenvalue weighted by Crippen LogP contribution is 2.16. The van der Waals surface area contributed by atoms with Gasteiger partial charge in [0.15, 0.2) is 0 Å². The molecule has 0 amide bonds. The van der Waals surface area contributed by atoms with Gasteiger partial charge >= 0.3 is 5.97 Å². The fourth-order valence-electron chi connectivity index (χ4n) is 1.65. The van der Waals surface area contributed by atoms with Crippen molar-refractivity contribution in [3.63, 3.8) is 0 Å². The Labute approximate surface area is 129 Å². The van der Waals surface area contributed by atoms with Crippen LogP contribution in [0.25, 0.3) is 5.70 Å². The summed E-state index contributed by atoms with van der Waals surface area (Å²) in [5.41, 5.74) is 4.39. The molecule has 1 aromatic rings. The Morgan fingerprint density at radius 1 is 1.24 bits per heavy atom. The Morgan fingerprint density at radius 3 is 2.29 bits per heavy atom. The average molecular weight is 311 g/mol. The fourth-order valence-corrected chi connectivity index (χ4v) is 1.78. The first-order valence-electron chi connectivity index (χ1n) is 6.63. The lowest BCUT2D eigenvalue weighted by molar-refractivity contribution is -0.149. The number of carbonyl (C=O) groups is 2. The molecule has 0 radical (unpaired) electrons. The van der Waals surface area contributed by atoms with E-state index in [2.05, 4.69) is 10.2 Å². The lowest BCUT2D eigenvalue weighted by atomic mass is 10.1. The van der Waals surface area contributed by atoms with Crippen LogP contribution in [0.3, 0.4) is 0 Å².